The number of nitrogens with zero attached hydrogens (tertiary/aromatic N) is 2. The van der Waals surface area contributed by atoms with Crippen LogP contribution in [0.4, 0.5) is 11.4 Å². The molecule has 5 nitrogen and oxygen atoms in total. The first-order valence-corrected chi connectivity index (χ1v) is 8.55. The molecule has 0 bridgehead atoms. The third-order valence-electron chi connectivity index (χ3n) is 4.34. The van der Waals surface area contributed by atoms with Crippen LogP contribution in [0.3, 0.4) is 0 Å². The van der Waals surface area contributed by atoms with Gasteiger partial charge in [0.2, 0.25) is 0 Å². The van der Waals surface area contributed by atoms with E-state index in [4.69, 9.17) is 23.2 Å². The number of nitro groups is 1. The molecule has 1 fully saturated rings. The molecule has 24 heavy (non-hydrogen) atoms. The first-order chi connectivity index (χ1) is 11.5. The van der Waals surface area contributed by atoms with E-state index in [0.717, 1.165) is 36.9 Å². The van der Waals surface area contributed by atoms with E-state index in [1.165, 1.54) is 11.0 Å². The van der Waals surface area contributed by atoms with Crippen LogP contribution in [0.15, 0.2) is 42.5 Å². The molecule has 1 N–H and O–H groups in total. The van der Waals surface area contributed by atoms with E-state index in [-0.39, 0.29) is 10.6 Å². The number of hydrogen-bond acceptors (Lipinski definition) is 3. The van der Waals surface area contributed by atoms with Gasteiger partial charge in [-0.25, -0.2) is 0 Å². The number of halogens is 2. The fourth-order valence-electron chi connectivity index (χ4n) is 3.05. The Morgan fingerprint density at radius 1 is 1.04 bits per heavy atom. The summed E-state index contributed by atoms with van der Waals surface area (Å²) >= 11 is 11.9. The highest BCUT2D eigenvalue weighted by atomic mass is 35.5. The lowest BCUT2D eigenvalue weighted by molar-refractivity contribution is -0.914. The van der Waals surface area contributed by atoms with Crippen molar-refractivity contribution in [1.82, 2.24) is 0 Å². The first-order valence-electron chi connectivity index (χ1n) is 7.80. The van der Waals surface area contributed by atoms with E-state index in [1.807, 2.05) is 24.3 Å². The summed E-state index contributed by atoms with van der Waals surface area (Å²) in [5, 5.41) is 12.4. The maximum absolute atomic E-state index is 11.2. The molecule has 0 amide bonds. The molecular weight excluding hydrogens is 349 g/mol. The molecule has 3 rings (SSSR count). The van der Waals surface area contributed by atoms with Crippen molar-refractivity contribution in [1.29, 1.82) is 0 Å². The van der Waals surface area contributed by atoms with Gasteiger partial charge in [0.25, 0.3) is 5.69 Å². The minimum absolute atomic E-state index is 0.145. The van der Waals surface area contributed by atoms with Gasteiger partial charge < -0.3 is 9.80 Å². The van der Waals surface area contributed by atoms with Gasteiger partial charge in [0.1, 0.15) is 6.54 Å². The summed E-state index contributed by atoms with van der Waals surface area (Å²) < 4.78 is 0. The molecule has 1 saturated heterocycles. The Morgan fingerprint density at radius 3 is 2.29 bits per heavy atom. The van der Waals surface area contributed by atoms with Crippen molar-refractivity contribution in [3.05, 3.63) is 68.2 Å². The second kappa shape index (κ2) is 7.38. The Balaban J connectivity index is 1.64. The molecule has 0 aliphatic carbocycles. The summed E-state index contributed by atoms with van der Waals surface area (Å²) in [6, 6.07) is 12.6. The van der Waals surface area contributed by atoms with Gasteiger partial charge in [0.15, 0.2) is 0 Å². The van der Waals surface area contributed by atoms with Crippen LogP contribution in [-0.4, -0.2) is 31.1 Å². The predicted octanol–water partition coefficient (Wildman–Crippen LogP) is 2.81. The zero-order valence-electron chi connectivity index (χ0n) is 13.0. The van der Waals surface area contributed by atoms with Crippen LogP contribution in [0.25, 0.3) is 0 Å². The largest absolute Gasteiger partial charge is 0.360 e. The number of rotatable bonds is 4. The molecule has 7 heteroatoms. The minimum atomic E-state index is -0.338. The van der Waals surface area contributed by atoms with E-state index in [0.29, 0.717) is 17.1 Å². The summed E-state index contributed by atoms with van der Waals surface area (Å²) in [4.78, 5) is 14.5. The summed E-state index contributed by atoms with van der Waals surface area (Å²) in [7, 11) is 0. The average Bonchev–Trinajstić information content (AvgIpc) is 2.56. The number of quaternary nitrogens is 1. The Morgan fingerprint density at radius 2 is 1.67 bits per heavy atom. The third-order valence-corrected chi connectivity index (χ3v) is 4.83. The molecule has 2 aromatic rings. The van der Waals surface area contributed by atoms with Gasteiger partial charge in [0, 0.05) is 21.8 Å². The molecule has 1 heterocycles. The second-order valence-electron chi connectivity index (χ2n) is 5.92. The Hall–Kier alpha value is -1.82. The van der Waals surface area contributed by atoms with Crippen molar-refractivity contribution in [2.45, 2.75) is 6.54 Å². The molecule has 0 saturated carbocycles. The van der Waals surface area contributed by atoms with Crippen LogP contribution in [0, 0.1) is 10.1 Å². The number of hydrogen-bond donors (Lipinski definition) is 1. The van der Waals surface area contributed by atoms with Crippen molar-refractivity contribution in [3.63, 3.8) is 0 Å². The summed E-state index contributed by atoms with van der Waals surface area (Å²) in [5.41, 5.74) is 2.00. The first kappa shape index (κ1) is 17.0. The van der Waals surface area contributed by atoms with Crippen LogP contribution in [0.5, 0.6) is 0 Å². The predicted molar refractivity (Wildman–Crippen MR) is 96.2 cm³/mol. The molecule has 0 spiro atoms. The van der Waals surface area contributed by atoms with Crippen molar-refractivity contribution >= 4 is 34.6 Å². The highest BCUT2D eigenvalue weighted by Crippen LogP contribution is 2.22. The van der Waals surface area contributed by atoms with Gasteiger partial charge >= 0.3 is 0 Å². The summed E-state index contributed by atoms with van der Waals surface area (Å²) in [6.45, 7) is 4.28. The highest BCUT2D eigenvalue weighted by molar-refractivity contribution is 6.30. The molecule has 0 radical (unpaired) electrons. The van der Waals surface area contributed by atoms with E-state index in [9.17, 15) is 10.1 Å². The average molecular weight is 367 g/mol. The van der Waals surface area contributed by atoms with E-state index in [1.54, 1.807) is 12.1 Å². The van der Waals surface area contributed by atoms with E-state index >= 15 is 0 Å². The zero-order valence-corrected chi connectivity index (χ0v) is 14.6. The fourth-order valence-corrected chi connectivity index (χ4v) is 3.37. The quantitative estimate of drug-likeness (QED) is 0.668. The molecule has 1 aliphatic rings. The Kier molecular flexibility index (Phi) is 5.23. The van der Waals surface area contributed by atoms with Gasteiger partial charge in [-0.1, -0.05) is 23.2 Å². The third kappa shape index (κ3) is 3.98. The second-order valence-corrected chi connectivity index (χ2v) is 6.79. The van der Waals surface area contributed by atoms with E-state index < -0.39 is 0 Å². The maximum Gasteiger partial charge on any atom is 0.278 e. The van der Waals surface area contributed by atoms with Gasteiger partial charge in [-0.15, -0.1) is 0 Å². The number of nitrogens with one attached hydrogen (secondary N) is 1. The van der Waals surface area contributed by atoms with Gasteiger partial charge in [-0.2, -0.15) is 0 Å². The number of anilines is 1. The normalized spacial score (nSPS) is 15.5. The maximum atomic E-state index is 11.2. The molecule has 0 aromatic heterocycles. The standard InChI is InChI=1S/C17H17Cl2N3O2/c18-14-1-4-16(5-2-14)21-9-7-20(8-10-21)12-13-11-15(19)3-6-17(13)22(23)24/h1-6,11H,7-10,12H2/p+1. The topological polar surface area (TPSA) is 50.8 Å². The summed E-state index contributed by atoms with van der Waals surface area (Å²) in [6.07, 6.45) is 0. The van der Waals surface area contributed by atoms with Gasteiger partial charge in [-0.05, 0) is 36.4 Å². The van der Waals surface area contributed by atoms with E-state index in [2.05, 4.69) is 4.90 Å². The van der Waals surface area contributed by atoms with Crippen molar-refractivity contribution < 1.29 is 9.82 Å². The molecule has 0 unspecified atom stereocenters. The van der Waals surface area contributed by atoms with Crippen LogP contribution in [0.1, 0.15) is 5.56 Å². The lowest BCUT2D eigenvalue weighted by Crippen LogP contribution is -3.13. The van der Waals surface area contributed by atoms with Gasteiger partial charge in [-0.3, -0.25) is 10.1 Å². The monoisotopic (exact) mass is 366 g/mol. The van der Waals surface area contributed by atoms with Crippen molar-refractivity contribution in [2.24, 2.45) is 0 Å². The Labute approximate surface area is 150 Å². The van der Waals surface area contributed by atoms with Crippen LogP contribution in [0.2, 0.25) is 10.0 Å². The van der Waals surface area contributed by atoms with Crippen LogP contribution < -0.4 is 9.80 Å². The minimum Gasteiger partial charge on any atom is -0.360 e. The molecule has 126 valence electrons. The Bertz CT molecular complexity index is 729. The van der Waals surface area contributed by atoms with Crippen molar-refractivity contribution in [2.75, 3.05) is 31.1 Å². The molecule has 2 aromatic carbocycles. The van der Waals surface area contributed by atoms with Crippen LogP contribution in [-0.2, 0) is 6.54 Å². The summed E-state index contributed by atoms with van der Waals surface area (Å²) in [5.74, 6) is 0. The van der Waals surface area contributed by atoms with Crippen LogP contribution >= 0.6 is 23.2 Å². The lowest BCUT2D eigenvalue weighted by Gasteiger charge is -2.33. The fraction of sp³-hybridized carbons (Fsp3) is 0.294. The molecule has 1 aliphatic heterocycles. The SMILES string of the molecule is O=[N+]([O-])c1ccc(Cl)cc1C[NH+]1CCN(c2ccc(Cl)cc2)CC1. The molecular formula is C17H18Cl2N3O2+. The van der Waals surface area contributed by atoms with Gasteiger partial charge in [0.05, 0.1) is 36.7 Å². The molecule has 0 atom stereocenters. The smallest absolute Gasteiger partial charge is 0.278 e. The lowest BCUT2D eigenvalue weighted by atomic mass is 10.1. The number of nitro benzene ring substituents is 1. The number of benzene rings is 2. The number of piperazine rings is 1. The highest BCUT2D eigenvalue weighted by Gasteiger charge is 2.24. The van der Waals surface area contributed by atoms with Crippen molar-refractivity contribution in [3.8, 4) is 0 Å². The zero-order chi connectivity index (χ0) is 17.1.